The highest BCUT2D eigenvalue weighted by molar-refractivity contribution is 9.09. The number of anilines is 1. The summed E-state index contributed by atoms with van der Waals surface area (Å²) in [5.41, 5.74) is 0. The minimum Gasteiger partial charge on any atom is -0.480 e. The van der Waals surface area contributed by atoms with Crippen molar-refractivity contribution in [3.8, 4) is 5.88 Å². The topological polar surface area (TPSA) is 47.0 Å². The first-order valence-corrected chi connectivity index (χ1v) is 5.98. The van der Waals surface area contributed by atoms with E-state index in [1.54, 1.807) is 19.5 Å². The van der Waals surface area contributed by atoms with Crippen molar-refractivity contribution in [1.82, 2.24) is 9.97 Å². The van der Waals surface area contributed by atoms with Crippen LogP contribution in [0, 0.1) is 5.92 Å². The summed E-state index contributed by atoms with van der Waals surface area (Å²) in [6.45, 7) is 4.28. The summed E-state index contributed by atoms with van der Waals surface area (Å²) in [5.74, 6) is 1.80. The Kier molecular flexibility index (Phi) is 4.81. The Hall–Kier alpha value is -0.840. The van der Waals surface area contributed by atoms with Gasteiger partial charge in [0.1, 0.15) is 5.82 Å². The molecule has 0 bridgehead atoms. The standard InChI is InChI=1S/C10H16BrN3O/c1-7(4-11)8(2)13-9-5-12-6-10(14-9)15-3/h5-8H,4H2,1-3H3,(H,13,14). The minimum absolute atomic E-state index is 0.339. The number of halogens is 1. The molecule has 0 radical (unpaired) electrons. The predicted octanol–water partition coefficient (Wildman–Crippen LogP) is 2.32. The van der Waals surface area contributed by atoms with E-state index >= 15 is 0 Å². The van der Waals surface area contributed by atoms with E-state index in [1.807, 2.05) is 0 Å². The van der Waals surface area contributed by atoms with Gasteiger partial charge in [0.2, 0.25) is 5.88 Å². The molecule has 2 unspecified atom stereocenters. The quantitative estimate of drug-likeness (QED) is 0.837. The number of hydrogen-bond acceptors (Lipinski definition) is 4. The van der Waals surface area contributed by atoms with Crippen LogP contribution in [-0.4, -0.2) is 28.4 Å². The van der Waals surface area contributed by atoms with Crippen LogP contribution in [0.15, 0.2) is 12.4 Å². The van der Waals surface area contributed by atoms with E-state index in [0.29, 0.717) is 17.8 Å². The van der Waals surface area contributed by atoms with Crippen molar-refractivity contribution < 1.29 is 4.74 Å². The van der Waals surface area contributed by atoms with Crippen molar-refractivity contribution in [2.75, 3.05) is 17.8 Å². The fourth-order valence-electron chi connectivity index (χ4n) is 1.03. The summed E-state index contributed by atoms with van der Waals surface area (Å²) >= 11 is 3.46. The molecule has 15 heavy (non-hydrogen) atoms. The van der Waals surface area contributed by atoms with Crippen molar-refractivity contribution >= 4 is 21.7 Å². The van der Waals surface area contributed by atoms with E-state index in [2.05, 4.69) is 45.1 Å². The maximum atomic E-state index is 5.00. The summed E-state index contributed by atoms with van der Waals surface area (Å²) in [6.07, 6.45) is 3.28. The molecule has 0 saturated carbocycles. The molecule has 1 aromatic heterocycles. The van der Waals surface area contributed by atoms with Crippen LogP contribution in [-0.2, 0) is 0 Å². The van der Waals surface area contributed by atoms with Crippen molar-refractivity contribution in [3.63, 3.8) is 0 Å². The average Bonchev–Trinajstić information content (AvgIpc) is 2.28. The molecule has 4 nitrogen and oxygen atoms in total. The molecule has 84 valence electrons. The molecular weight excluding hydrogens is 258 g/mol. The molecule has 1 N–H and O–H groups in total. The lowest BCUT2D eigenvalue weighted by Gasteiger charge is -2.19. The van der Waals surface area contributed by atoms with E-state index in [1.165, 1.54) is 0 Å². The highest BCUT2D eigenvalue weighted by Gasteiger charge is 2.11. The third-order valence-electron chi connectivity index (χ3n) is 2.29. The third-order valence-corrected chi connectivity index (χ3v) is 3.32. The molecule has 0 aliphatic carbocycles. The molecule has 2 atom stereocenters. The summed E-state index contributed by atoms with van der Waals surface area (Å²) in [6, 6.07) is 0.339. The van der Waals surface area contributed by atoms with Crippen molar-refractivity contribution in [1.29, 1.82) is 0 Å². The Labute approximate surface area is 98.6 Å². The Balaban J connectivity index is 2.63. The van der Waals surface area contributed by atoms with Gasteiger partial charge in [0.25, 0.3) is 0 Å². The smallest absolute Gasteiger partial charge is 0.233 e. The van der Waals surface area contributed by atoms with Crippen LogP contribution in [0.2, 0.25) is 0 Å². The molecule has 0 aliphatic rings. The normalized spacial score (nSPS) is 14.4. The van der Waals surface area contributed by atoms with Gasteiger partial charge in [-0.1, -0.05) is 22.9 Å². The van der Waals surface area contributed by atoms with Gasteiger partial charge in [-0.25, -0.2) is 0 Å². The maximum absolute atomic E-state index is 5.00. The van der Waals surface area contributed by atoms with E-state index in [0.717, 1.165) is 11.1 Å². The van der Waals surface area contributed by atoms with E-state index in [-0.39, 0.29) is 0 Å². The van der Waals surface area contributed by atoms with Gasteiger partial charge in [-0.05, 0) is 12.8 Å². The van der Waals surface area contributed by atoms with Crippen LogP contribution in [0.5, 0.6) is 5.88 Å². The Bertz CT molecular complexity index is 308. The summed E-state index contributed by atoms with van der Waals surface area (Å²) < 4.78 is 5.00. The van der Waals surface area contributed by atoms with Crippen molar-refractivity contribution in [2.24, 2.45) is 5.92 Å². The first kappa shape index (κ1) is 12.2. The number of rotatable bonds is 5. The van der Waals surface area contributed by atoms with Gasteiger partial charge in [-0.2, -0.15) is 4.98 Å². The van der Waals surface area contributed by atoms with E-state index < -0.39 is 0 Å². The van der Waals surface area contributed by atoms with Crippen LogP contribution < -0.4 is 10.1 Å². The second-order valence-corrected chi connectivity index (χ2v) is 4.16. The summed E-state index contributed by atoms with van der Waals surface area (Å²) in [5, 5.41) is 4.24. The Morgan fingerprint density at radius 3 is 2.80 bits per heavy atom. The van der Waals surface area contributed by atoms with Crippen LogP contribution in [0.1, 0.15) is 13.8 Å². The molecule has 5 heteroatoms. The number of nitrogens with one attached hydrogen (secondary N) is 1. The Morgan fingerprint density at radius 2 is 2.20 bits per heavy atom. The predicted molar refractivity (Wildman–Crippen MR) is 64.6 cm³/mol. The van der Waals surface area contributed by atoms with Gasteiger partial charge in [-0.3, -0.25) is 4.98 Å². The molecule has 1 rings (SSSR count). The molecule has 0 amide bonds. The molecule has 0 aromatic carbocycles. The van der Waals surface area contributed by atoms with Crippen LogP contribution in [0.3, 0.4) is 0 Å². The van der Waals surface area contributed by atoms with Crippen LogP contribution in [0.4, 0.5) is 5.82 Å². The highest BCUT2D eigenvalue weighted by Crippen LogP contribution is 2.13. The molecule has 1 heterocycles. The van der Waals surface area contributed by atoms with Gasteiger partial charge in [0, 0.05) is 11.4 Å². The van der Waals surface area contributed by atoms with E-state index in [9.17, 15) is 0 Å². The highest BCUT2D eigenvalue weighted by atomic mass is 79.9. The van der Waals surface area contributed by atoms with Crippen molar-refractivity contribution in [2.45, 2.75) is 19.9 Å². The largest absolute Gasteiger partial charge is 0.480 e. The summed E-state index contributed by atoms with van der Waals surface area (Å²) in [4.78, 5) is 8.27. The monoisotopic (exact) mass is 273 g/mol. The molecule has 0 aliphatic heterocycles. The van der Waals surface area contributed by atoms with Gasteiger partial charge in [-0.15, -0.1) is 0 Å². The maximum Gasteiger partial charge on any atom is 0.233 e. The Morgan fingerprint density at radius 1 is 1.47 bits per heavy atom. The number of ether oxygens (including phenoxy) is 1. The van der Waals surface area contributed by atoms with Gasteiger partial charge in [0.15, 0.2) is 0 Å². The zero-order valence-electron chi connectivity index (χ0n) is 9.20. The van der Waals surface area contributed by atoms with Crippen LogP contribution >= 0.6 is 15.9 Å². The van der Waals surface area contributed by atoms with Crippen molar-refractivity contribution in [3.05, 3.63) is 12.4 Å². The number of nitrogens with zero attached hydrogens (tertiary/aromatic N) is 2. The zero-order valence-corrected chi connectivity index (χ0v) is 10.8. The lowest BCUT2D eigenvalue weighted by Crippen LogP contribution is -2.25. The summed E-state index contributed by atoms with van der Waals surface area (Å²) in [7, 11) is 1.58. The fraction of sp³-hybridized carbons (Fsp3) is 0.600. The lowest BCUT2D eigenvalue weighted by atomic mass is 10.1. The second-order valence-electron chi connectivity index (χ2n) is 3.51. The molecular formula is C10H16BrN3O. The van der Waals surface area contributed by atoms with Gasteiger partial charge >= 0.3 is 0 Å². The minimum atomic E-state index is 0.339. The molecule has 0 fully saturated rings. The number of aromatic nitrogens is 2. The van der Waals surface area contributed by atoms with Crippen LogP contribution in [0.25, 0.3) is 0 Å². The first-order chi connectivity index (χ1) is 7.17. The van der Waals surface area contributed by atoms with Gasteiger partial charge in [0.05, 0.1) is 19.5 Å². The molecule has 1 aromatic rings. The zero-order chi connectivity index (χ0) is 11.3. The second kappa shape index (κ2) is 5.90. The van der Waals surface area contributed by atoms with Gasteiger partial charge < -0.3 is 10.1 Å². The lowest BCUT2D eigenvalue weighted by molar-refractivity contribution is 0.396. The first-order valence-electron chi connectivity index (χ1n) is 4.86. The third kappa shape index (κ3) is 3.66. The fourth-order valence-corrected chi connectivity index (χ4v) is 1.59. The number of methoxy groups -OCH3 is 1. The number of alkyl halides is 1. The molecule has 0 saturated heterocycles. The average molecular weight is 274 g/mol. The number of hydrogen-bond donors (Lipinski definition) is 1. The van der Waals surface area contributed by atoms with E-state index in [4.69, 9.17) is 4.74 Å². The molecule has 0 spiro atoms. The SMILES string of the molecule is COc1cncc(NC(C)C(C)CBr)n1.